The summed E-state index contributed by atoms with van der Waals surface area (Å²) in [6.45, 7) is 4.42. The van der Waals surface area contributed by atoms with Gasteiger partial charge in [0.05, 0.1) is 24.4 Å². The number of aryl methyl sites for hydroxylation is 1. The first-order chi connectivity index (χ1) is 15.5. The molecule has 5 rings (SSSR count). The summed E-state index contributed by atoms with van der Waals surface area (Å²) in [5.74, 6) is 1.85. The average molecular weight is 436 g/mol. The third-order valence-electron chi connectivity index (χ3n) is 6.30. The maximum absolute atomic E-state index is 12.1. The molecule has 1 aliphatic carbocycles. The summed E-state index contributed by atoms with van der Waals surface area (Å²) >= 11 is 0. The van der Waals surface area contributed by atoms with Crippen molar-refractivity contribution in [3.63, 3.8) is 0 Å². The lowest BCUT2D eigenvalue weighted by Crippen LogP contribution is -2.26. The molecule has 32 heavy (non-hydrogen) atoms. The van der Waals surface area contributed by atoms with Gasteiger partial charge in [0.2, 0.25) is 5.91 Å². The SMILES string of the molecule is COC1CN(C)CC1COc1cnc(C)cc1-c1ccn2nc(NC(=O)C3CC3)cc2c1. The molecule has 168 valence electrons. The second-order valence-electron chi connectivity index (χ2n) is 8.97. The van der Waals surface area contributed by atoms with Crippen molar-refractivity contribution in [3.05, 3.63) is 42.4 Å². The molecule has 1 saturated heterocycles. The Morgan fingerprint density at radius 2 is 2.09 bits per heavy atom. The molecule has 2 unspecified atom stereocenters. The summed E-state index contributed by atoms with van der Waals surface area (Å²) in [4.78, 5) is 18.8. The summed E-state index contributed by atoms with van der Waals surface area (Å²) in [6, 6.07) is 8.01. The number of likely N-dealkylation sites (N-methyl/N-ethyl adjacent to an activating group) is 1. The number of hydrogen-bond donors (Lipinski definition) is 1. The lowest BCUT2D eigenvalue weighted by molar-refractivity contribution is -0.117. The van der Waals surface area contributed by atoms with Crippen LogP contribution in [0.5, 0.6) is 5.75 Å². The maximum Gasteiger partial charge on any atom is 0.228 e. The molecule has 0 aromatic carbocycles. The van der Waals surface area contributed by atoms with Crippen molar-refractivity contribution in [1.29, 1.82) is 0 Å². The number of amides is 1. The van der Waals surface area contributed by atoms with Gasteiger partial charge in [-0.1, -0.05) is 0 Å². The van der Waals surface area contributed by atoms with Crippen LogP contribution in [0.15, 0.2) is 36.7 Å². The summed E-state index contributed by atoms with van der Waals surface area (Å²) in [7, 11) is 3.87. The Balaban J connectivity index is 1.38. The Kier molecular flexibility index (Phi) is 5.57. The molecule has 2 fully saturated rings. The van der Waals surface area contributed by atoms with E-state index in [4.69, 9.17) is 9.47 Å². The van der Waals surface area contributed by atoms with Crippen LogP contribution in [-0.2, 0) is 9.53 Å². The number of methoxy groups -OCH3 is 1. The number of carbonyl (C=O) groups is 1. The third-order valence-corrected chi connectivity index (χ3v) is 6.30. The fraction of sp³-hybridized carbons (Fsp3) is 0.458. The van der Waals surface area contributed by atoms with Crippen LogP contribution in [0.3, 0.4) is 0 Å². The number of hydrogen-bond acceptors (Lipinski definition) is 6. The Morgan fingerprint density at radius 1 is 1.25 bits per heavy atom. The first-order valence-electron chi connectivity index (χ1n) is 11.1. The van der Waals surface area contributed by atoms with Gasteiger partial charge in [0.1, 0.15) is 5.75 Å². The largest absolute Gasteiger partial charge is 0.491 e. The average Bonchev–Trinajstić information content (AvgIpc) is 3.46. The molecule has 1 aliphatic heterocycles. The Labute approximate surface area is 187 Å². The zero-order valence-corrected chi connectivity index (χ0v) is 18.7. The van der Waals surface area contributed by atoms with E-state index in [-0.39, 0.29) is 17.9 Å². The summed E-state index contributed by atoms with van der Waals surface area (Å²) < 4.78 is 13.7. The fourth-order valence-electron chi connectivity index (χ4n) is 4.36. The van der Waals surface area contributed by atoms with Gasteiger partial charge < -0.3 is 19.7 Å². The quantitative estimate of drug-likeness (QED) is 0.615. The van der Waals surface area contributed by atoms with Gasteiger partial charge in [-0.15, -0.1) is 0 Å². The molecule has 2 aliphatic rings. The Bertz CT molecular complexity index is 1140. The first-order valence-corrected chi connectivity index (χ1v) is 11.1. The van der Waals surface area contributed by atoms with Crippen LogP contribution >= 0.6 is 0 Å². The second-order valence-corrected chi connectivity index (χ2v) is 8.97. The highest BCUT2D eigenvalue weighted by Crippen LogP contribution is 2.33. The molecule has 3 aromatic rings. The summed E-state index contributed by atoms with van der Waals surface area (Å²) in [6.07, 6.45) is 5.82. The summed E-state index contributed by atoms with van der Waals surface area (Å²) in [5.41, 5.74) is 3.84. The topological polar surface area (TPSA) is 81.0 Å². The van der Waals surface area contributed by atoms with Gasteiger partial charge in [0.25, 0.3) is 0 Å². The monoisotopic (exact) mass is 435 g/mol. The highest BCUT2D eigenvalue weighted by Gasteiger charge is 2.32. The predicted molar refractivity (Wildman–Crippen MR) is 122 cm³/mol. The number of likely N-dealkylation sites (tertiary alicyclic amines) is 1. The van der Waals surface area contributed by atoms with E-state index in [1.165, 1.54) is 0 Å². The van der Waals surface area contributed by atoms with Gasteiger partial charge in [-0.05, 0) is 50.6 Å². The molecule has 0 radical (unpaired) electrons. The number of nitrogens with zero attached hydrogens (tertiary/aromatic N) is 4. The van der Waals surface area contributed by atoms with E-state index in [0.29, 0.717) is 18.3 Å². The molecule has 1 amide bonds. The molecule has 4 heterocycles. The molecular weight excluding hydrogens is 406 g/mol. The van der Waals surface area contributed by atoms with E-state index in [9.17, 15) is 4.79 Å². The standard InChI is InChI=1S/C24H29N5O3/c1-15-8-20(21(11-25-15)32-14-18-12-28(2)13-22(18)31-3)17-6-7-29-19(9-17)10-23(27-29)26-24(30)16-4-5-16/h6-11,16,18,22H,4-5,12-14H2,1-3H3,(H,26,27,30). The normalized spacial score (nSPS) is 21.2. The minimum Gasteiger partial charge on any atom is -0.491 e. The van der Waals surface area contributed by atoms with Crippen LogP contribution in [-0.4, -0.2) is 65.4 Å². The third kappa shape index (κ3) is 4.33. The minimum atomic E-state index is 0.0565. The van der Waals surface area contributed by atoms with Gasteiger partial charge in [0.15, 0.2) is 5.82 Å². The van der Waals surface area contributed by atoms with E-state index >= 15 is 0 Å². The highest BCUT2D eigenvalue weighted by molar-refractivity contribution is 5.93. The Hall–Kier alpha value is -2.97. The van der Waals surface area contributed by atoms with Crippen LogP contribution in [0, 0.1) is 18.8 Å². The van der Waals surface area contributed by atoms with Crippen molar-refractivity contribution in [1.82, 2.24) is 19.5 Å². The Morgan fingerprint density at radius 3 is 2.88 bits per heavy atom. The molecule has 0 spiro atoms. The van der Waals surface area contributed by atoms with Crippen molar-refractivity contribution < 1.29 is 14.3 Å². The van der Waals surface area contributed by atoms with Crippen LogP contribution < -0.4 is 10.1 Å². The minimum absolute atomic E-state index is 0.0565. The van der Waals surface area contributed by atoms with Crippen molar-refractivity contribution in [3.8, 4) is 16.9 Å². The van der Waals surface area contributed by atoms with E-state index in [1.54, 1.807) is 17.8 Å². The van der Waals surface area contributed by atoms with Crippen LogP contribution in [0.2, 0.25) is 0 Å². The molecule has 1 saturated carbocycles. The highest BCUT2D eigenvalue weighted by atomic mass is 16.5. The fourth-order valence-corrected chi connectivity index (χ4v) is 4.36. The number of ether oxygens (including phenoxy) is 2. The predicted octanol–water partition coefficient (Wildman–Crippen LogP) is 3.01. The van der Waals surface area contributed by atoms with Crippen molar-refractivity contribution in [2.75, 3.05) is 39.2 Å². The lowest BCUT2D eigenvalue weighted by atomic mass is 10.1. The number of carbonyl (C=O) groups excluding carboxylic acids is 1. The van der Waals surface area contributed by atoms with Crippen molar-refractivity contribution in [2.45, 2.75) is 25.9 Å². The molecule has 1 N–H and O–H groups in total. The van der Waals surface area contributed by atoms with Crippen LogP contribution in [0.25, 0.3) is 16.6 Å². The number of aromatic nitrogens is 3. The second kappa shape index (κ2) is 8.52. The van der Waals surface area contributed by atoms with Gasteiger partial charge in [-0.2, -0.15) is 5.10 Å². The van der Waals surface area contributed by atoms with Crippen LogP contribution in [0.1, 0.15) is 18.5 Å². The molecule has 8 nitrogen and oxygen atoms in total. The number of rotatable bonds is 7. The molecule has 2 atom stereocenters. The zero-order chi connectivity index (χ0) is 22.2. The molecule has 8 heteroatoms. The molecule has 0 bridgehead atoms. The summed E-state index contributed by atoms with van der Waals surface area (Å²) in [5, 5.41) is 7.39. The molecule has 3 aromatic heterocycles. The van der Waals surface area contributed by atoms with Gasteiger partial charge in [0, 0.05) is 55.6 Å². The van der Waals surface area contributed by atoms with Gasteiger partial charge >= 0.3 is 0 Å². The van der Waals surface area contributed by atoms with Crippen LogP contribution in [0.4, 0.5) is 5.82 Å². The van der Waals surface area contributed by atoms with E-state index in [0.717, 1.165) is 54.0 Å². The number of anilines is 1. The zero-order valence-electron chi connectivity index (χ0n) is 18.7. The molecular formula is C24H29N5O3. The van der Waals surface area contributed by atoms with Gasteiger partial charge in [-0.3, -0.25) is 9.78 Å². The first kappa shape index (κ1) is 20.9. The lowest BCUT2D eigenvalue weighted by Gasteiger charge is -2.19. The van der Waals surface area contributed by atoms with Gasteiger partial charge in [-0.25, -0.2) is 4.52 Å². The number of pyridine rings is 2. The number of nitrogens with one attached hydrogen (secondary N) is 1. The van der Waals surface area contributed by atoms with Crippen molar-refractivity contribution in [2.24, 2.45) is 11.8 Å². The van der Waals surface area contributed by atoms with E-state index in [2.05, 4.69) is 33.4 Å². The van der Waals surface area contributed by atoms with E-state index in [1.807, 2.05) is 31.3 Å². The smallest absolute Gasteiger partial charge is 0.228 e. The maximum atomic E-state index is 12.1. The van der Waals surface area contributed by atoms with Crippen molar-refractivity contribution >= 4 is 17.2 Å². The number of fused-ring (bicyclic) bond motifs is 1. The van der Waals surface area contributed by atoms with E-state index < -0.39 is 0 Å².